The lowest BCUT2D eigenvalue weighted by molar-refractivity contribution is -0.512. The molecule has 0 N–H and O–H groups in total. The molecule has 30 heavy (non-hydrogen) atoms. The zero-order valence-electron chi connectivity index (χ0n) is 14.2. The van der Waals surface area contributed by atoms with E-state index in [2.05, 4.69) is 14.2 Å². The summed E-state index contributed by atoms with van der Waals surface area (Å²) in [5.41, 5.74) is -2.53. The first-order valence-corrected chi connectivity index (χ1v) is 8.34. The number of alkyl halides is 15. The van der Waals surface area contributed by atoms with Crippen LogP contribution in [0.25, 0.3) is 0 Å². The molecule has 1 heterocycles. The molecule has 0 saturated carbocycles. The molecule has 19 heteroatoms. The third kappa shape index (κ3) is 3.64. The fourth-order valence-corrected chi connectivity index (χ4v) is 2.48. The maximum atomic E-state index is 14.7. The van der Waals surface area contributed by atoms with Gasteiger partial charge in [-0.25, -0.2) is 13.5 Å². The fraction of sp³-hybridized carbons (Fsp3) is 1.00. The van der Waals surface area contributed by atoms with Crippen LogP contribution in [0, 0.1) is 0 Å². The van der Waals surface area contributed by atoms with E-state index in [1.165, 1.54) is 0 Å². The van der Waals surface area contributed by atoms with E-state index in [1.807, 2.05) is 0 Å². The lowest BCUT2D eigenvalue weighted by atomic mass is 10.1. The van der Waals surface area contributed by atoms with E-state index in [-0.39, 0.29) is 6.92 Å². The largest absolute Gasteiger partial charge is 0.453 e. The van der Waals surface area contributed by atoms with Crippen LogP contribution in [0.15, 0.2) is 0 Å². The van der Waals surface area contributed by atoms with E-state index in [4.69, 9.17) is 0 Å². The molecule has 0 aromatic rings. The summed E-state index contributed by atoms with van der Waals surface area (Å²) in [5.74, 6) is -25.1. The van der Waals surface area contributed by atoms with Gasteiger partial charge in [-0.15, -0.1) is 0 Å². The molecular formula is C11H9F15O3Si. The molecular weight excluding hydrogens is 493 g/mol. The maximum absolute atomic E-state index is 14.7. The lowest BCUT2D eigenvalue weighted by Crippen LogP contribution is -2.62. The molecule has 1 aliphatic rings. The third-order valence-corrected chi connectivity index (χ3v) is 4.46. The van der Waals surface area contributed by atoms with Gasteiger partial charge in [0, 0.05) is 15.8 Å². The quantitative estimate of drug-likeness (QED) is 0.404. The summed E-state index contributed by atoms with van der Waals surface area (Å²) >= 11 is 0. The molecule has 180 valence electrons. The highest BCUT2D eigenvalue weighted by atomic mass is 28.1. The standard InChI is InChI=1S/C11H9F15O3Si/c1-3(30)5(15)11(26,28-7(27-5,8(18,19)20)9(21,22)23)29-10(24,25)6(16,17)4(13,14)2-12/h3H,2H2,1,30H3. The van der Waals surface area contributed by atoms with Crippen molar-refractivity contribution in [1.29, 1.82) is 0 Å². The Labute approximate surface area is 158 Å². The van der Waals surface area contributed by atoms with Crippen molar-refractivity contribution in [3.63, 3.8) is 0 Å². The van der Waals surface area contributed by atoms with Crippen molar-refractivity contribution in [1.82, 2.24) is 0 Å². The third-order valence-electron chi connectivity index (χ3n) is 3.72. The fourth-order valence-electron chi connectivity index (χ4n) is 2.02. The van der Waals surface area contributed by atoms with Crippen molar-refractivity contribution in [3.8, 4) is 0 Å². The van der Waals surface area contributed by atoms with E-state index in [0.717, 1.165) is 0 Å². The van der Waals surface area contributed by atoms with E-state index < -0.39 is 70.4 Å². The second kappa shape index (κ2) is 7.02. The van der Waals surface area contributed by atoms with Crippen molar-refractivity contribution < 1.29 is 80.1 Å². The summed E-state index contributed by atoms with van der Waals surface area (Å²) in [4.78, 5) is 0. The van der Waals surface area contributed by atoms with Gasteiger partial charge >= 0.3 is 42.1 Å². The Balaban J connectivity index is 3.66. The van der Waals surface area contributed by atoms with E-state index in [1.54, 1.807) is 0 Å². The Morgan fingerprint density at radius 2 is 1.23 bits per heavy atom. The van der Waals surface area contributed by atoms with E-state index in [0.29, 0.717) is 0 Å². The number of ether oxygens (including phenoxy) is 3. The minimum Gasteiger partial charge on any atom is -0.291 e. The van der Waals surface area contributed by atoms with Gasteiger partial charge in [0.2, 0.25) is 0 Å². The topological polar surface area (TPSA) is 27.7 Å². The molecule has 1 aliphatic heterocycles. The number of hydrogen-bond acceptors (Lipinski definition) is 3. The first-order chi connectivity index (χ1) is 12.9. The van der Waals surface area contributed by atoms with Crippen LogP contribution in [0.3, 0.4) is 0 Å². The Hall–Kier alpha value is -0.953. The van der Waals surface area contributed by atoms with Gasteiger partial charge in [-0.05, 0) is 0 Å². The minimum atomic E-state index is -7.10. The first kappa shape index (κ1) is 27.1. The van der Waals surface area contributed by atoms with Crippen LogP contribution in [0.1, 0.15) is 6.92 Å². The van der Waals surface area contributed by atoms with Crippen LogP contribution < -0.4 is 0 Å². The Morgan fingerprint density at radius 3 is 1.53 bits per heavy atom. The zero-order chi connectivity index (χ0) is 24.4. The van der Waals surface area contributed by atoms with Gasteiger partial charge in [0.25, 0.3) is 5.85 Å². The molecule has 1 rings (SSSR count). The average molecular weight is 502 g/mol. The predicted octanol–water partition coefficient (Wildman–Crippen LogP) is 4.17. The summed E-state index contributed by atoms with van der Waals surface area (Å²) in [6.07, 6.45) is -21.0. The molecule has 0 radical (unpaired) electrons. The molecule has 0 aromatic carbocycles. The molecule has 3 nitrogen and oxygen atoms in total. The molecule has 3 unspecified atom stereocenters. The van der Waals surface area contributed by atoms with Crippen molar-refractivity contribution in [2.24, 2.45) is 0 Å². The van der Waals surface area contributed by atoms with Crippen LogP contribution in [0.4, 0.5) is 65.9 Å². The molecule has 0 amide bonds. The van der Waals surface area contributed by atoms with E-state index >= 15 is 0 Å². The molecule has 3 atom stereocenters. The minimum absolute atomic E-state index is 0.280. The van der Waals surface area contributed by atoms with Crippen LogP contribution in [0.5, 0.6) is 0 Å². The summed E-state index contributed by atoms with van der Waals surface area (Å²) in [5, 5.41) is 0. The molecule has 0 aliphatic carbocycles. The second-order valence-corrected chi connectivity index (χ2v) is 7.92. The smallest absolute Gasteiger partial charge is 0.291 e. The van der Waals surface area contributed by atoms with Gasteiger partial charge in [0.05, 0.1) is 0 Å². The highest BCUT2D eigenvalue weighted by Crippen LogP contribution is 2.63. The van der Waals surface area contributed by atoms with Crippen LogP contribution >= 0.6 is 0 Å². The highest BCUT2D eigenvalue weighted by molar-refractivity contribution is 6.12. The van der Waals surface area contributed by atoms with Crippen molar-refractivity contribution >= 4 is 10.2 Å². The summed E-state index contributed by atoms with van der Waals surface area (Å²) < 4.78 is 206. The van der Waals surface area contributed by atoms with Crippen LogP contribution in [-0.2, 0) is 14.2 Å². The molecule has 0 aromatic heterocycles. The number of rotatable bonds is 6. The van der Waals surface area contributed by atoms with Crippen LogP contribution in [-0.4, -0.2) is 64.9 Å². The lowest BCUT2D eigenvalue weighted by Gasteiger charge is -2.37. The van der Waals surface area contributed by atoms with Gasteiger partial charge in [-0.1, -0.05) is 6.92 Å². The van der Waals surface area contributed by atoms with Crippen molar-refractivity contribution in [2.45, 2.75) is 60.5 Å². The van der Waals surface area contributed by atoms with Gasteiger partial charge in [0.15, 0.2) is 6.67 Å². The Kier molecular flexibility index (Phi) is 6.34. The van der Waals surface area contributed by atoms with Crippen molar-refractivity contribution in [3.05, 3.63) is 0 Å². The van der Waals surface area contributed by atoms with Gasteiger partial charge in [-0.3, -0.25) is 9.47 Å². The molecule has 0 spiro atoms. The predicted molar refractivity (Wildman–Crippen MR) is 66.0 cm³/mol. The SMILES string of the molecule is CC([SiH3])C1(F)OC(C(F)(F)F)(C(F)(F)F)OC1(F)OC(F)(F)C(F)(F)C(F)(F)CF. The highest BCUT2D eigenvalue weighted by Gasteiger charge is 2.89. The Bertz CT molecular complexity index is 633. The second-order valence-electron chi connectivity index (χ2n) is 6.18. The summed E-state index contributed by atoms with van der Waals surface area (Å²) in [6.45, 7) is -3.27. The molecule has 1 fully saturated rings. The Morgan fingerprint density at radius 1 is 0.833 bits per heavy atom. The average Bonchev–Trinajstić information content (AvgIpc) is 2.76. The number of hydrogen-bond donors (Lipinski definition) is 0. The van der Waals surface area contributed by atoms with Gasteiger partial charge in [-0.2, -0.15) is 57.1 Å². The van der Waals surface area contributed by atoms with Crippen LogP contribution in [0.2, 0.25) is 5.54 Å². The summed E-state index contributed by atoms with van der Waals surface area (Å²) in [6, 6.07) is -6.15. The normalized spacial score (nSPS) is 30.0. The zero-order valence-corrected chi connectivity index (χ0v) is 16.2. The van der Waals surface area contributed by atoms with E-state index in [9.17, 15) is 65.9 Å². The first-order valence-electron chi connectivity index (χ1n) is 7.18. The molecule has 0 bridgehead atoms. The number of halogens is 15. The van der Waals surface area contributed by atoms with Gasteiger partial charge < -0.3 is 0 Å². The van der Waals surface area contributed by atoms with Gasteiger partial charge in [0.1, 0.15) is 0 Å². The monoisotopic (exact) mass is 502 g/mol. The maximum Gasteiger partial charge on any atom is 0.453 e. The van der Waals surface area contributed by atoms with Crippen molar-refractivity contribution in [2.75, 3.05) is 6.67 Å². The molecule has 1 saturated heterocycles. The summed E-state index contributed by atoms with van der Waals surface area (Å²) in [7, 11) is -0.993.